The Morgan fingerprint density at radius 1 is 0.824 bits per heavy atom. The molecule has 0 aliphatic carbocycles. The summed E-state index contributed by atoms with van der Waals surface area (Å²) in [5.41, 5.74) is 8.81. The molecule has 1 N–H and O–H groups in total. The Hall–Kier alpha value is -4.51. The second-order valence-corrected chi connectivity index (χ2v) is 8.34. The molecule has 5 heteroatoms. The summed E-state index contributed by atoms with van der Waals surface area (Å²) in [5, 5.41) is 11.1. The largest absolute Gasteiger partial charge is 0.291 e. The van der Waals surface area contributed by atoms with Crippen LogP contribution in [0, 0.1) is 13.8 Å². The average Bonchev–Trinajstić information content (AvgIpc) is 3.31. The second kappa shape index (κ2) is 9.16. The van der Waals surface area contributed by atoms with Crippen molar-refractivity contribution >= 4 is 22.9 Å². The molecule has 0 saturated carbocycles. The molecule has 1 amide bonds. The van der Waals surface area contributed by atoms with Crippen molar-refractivity contribution in [3.8, 4) is 16.9 Å². The molecule has 0 aliphatic rings. The van der Waals surface area contributed by atoms with Crippen LogP contribution in [0.3, 0.4) is 0 Å². The molecule has 1 aromatic heterocycles. The van der Waals surface area contributed by atoms with E-state index in [1.165, 1.54) is 5.56 Å². The fourth-order valence-electron chi connectivity index (χ4n) is 3.88. The quantitative estimate of drug-likeness (QED) is 0.264. The first kappa shape index (κ1) is 21.3. The van der Waals surface area contributed by atoms with E-state index in [1.807, 2.05) is 79.2 Å². The van der Waals surface area contributed by atoms with E-state index in [1.54, 1.807) is 6.21 Å². The van der Waals surface area contributed by atoms with Gasteiger partial charge in [0.25, 0.3) is 5.91 Å². The third-order valence-corrected chi connectivity index (χ3v) is 5.69. The molecule has 4 aromatic carbocycles. The zero-order valence-corrected chi connectivity index (χ0v) is 19.1. The van der Waals surface area contributed by atoms with Crippen molar-refractivity contribution in [3.05, 3.63) is 119 Å². The summed E-state index contributed by atoms with van der Waals surface area (Å²) in [7, 11) is 0. The molecule has 1 heterocycles. The summed E-state index contributed by atoms with van der Waals surface area (Å²) in [6.07, 6.45) is 1.62. The smallest absolute Gasteiger partial charge is 0.265 e. The maximum atomic E-state index is 12.9. The predicted octanol–water partition coefficient (Wildman–Crippen LogP) is 6.07. The van der Waals surface area contributed by atoms with Crippen LogP contribution < -0.4 is 5.43 Å². The van der Waals surface area contributed by atoms with Gasteiger partial charge in [0.2, 0.25) is 0 Å². The standard InChI is InChI=1S/C29H24N4O/c1-20-10-12-22(13-11-20)19-30-31-29(34)27-18-28(33(32-27)26-9-5-6-21(2)16-26)25-15-14-23-7-3-4-8-24(23)17-25/h3-19H,1-2H3,(H,31,34)/b30-19-. The van der Waals surface area contributed by atoms with Crippen molar-refractivity contribution < 1.29 is 4.79 Å². The number of rotatable bonds is 5. The molecule has 0 radical (unpaired) electrons. The second-order valence-electron chi connectivity index (χ2n) is 8.34. The third kappa shape index (κ3) is 4.50. The summed E-state index contributed by atoms with van der Waals surface area (Å²) in [4.78, 5) is 12.9. The minimum absolute atomic E-state index is 0.297. The summed E-state index contributed by atoms with van der Waals surface area (Å²) in [6, 6.07) is 32.3. The van der Waals surface area contributed by atoms with Crippen LogP contribution in [-0.2, 0) is 0 Å². The van der Waals surface area contributed by atoms with Crippen molar-refractivity contribution in [1.29, 1.82) is 0 Å². The molecule has 0 atom stereocenters. The average molecular weight is 445 g/mol. The zero-order chi connectivity index (χ0) is 23.5. The number of carbonyl (C=O) groups excluding carboxylic acids is 1. The van der Waals surface area contributed by atoms with Crippen LogP contribution in [0.2, 0.25) is 0 Å². The number of benzene rings is 4. The minimum atomic E-state index is -0.364. The number of carbonyl (C=O) groups is 1. The lowest BCUT2D eigenvalue weighted by atomic mass is 10.0. The van der Waals surface area contributed by atoms with E-state index in [0.717, 1.165) is 38.8 Å². The molecule has 0 saturated heterocycles. The molecule has 5 aromatic rings. The van der Waals surface area contributed by atoms with Gasteiger partial charge in [-0.3, -0.25) is 4.79 Å². The zero-order valence-electron chi connectivity index (χ0n) is 19.1. The first-order valence-corrected chi connectivity index (χ1v) is 11.1. The molecule has 5 nitrogen and oxygen atoms in total. The first-order valence-electron chi connectivity index (χ1n) is 11.1. The van der Waals surface area contributed by atoms with E-state index in [2.05, 4.69) is 52.0 Å². The maximum absolute atomic E-state index is 12.9. The van der Waals surface area contributed by atoms with Gasteiger partial charge in [0.05, 0.1) is 17.6 Å². The van der Waals surface area contributed by atoms with E-state index in [0.29, 0.717) is 5.69 Å². The maximum Gasteiger partial charge on any atom is 0.291 e. The van der Waals surface area contributed by atoms with Crippen LogP contribution >= 0.6 is 0 Å². The van der Waals surface area contributed by atoms with Crippen LogP contribution in [0.1, 0.15) is 27.2 Å². The van der Waals surface area contributed by atoms with E-state index < -0.39 is 0 Å². The number of hydrogen-bond acceptors (Lipinski definition) is 3. The Morgan fingerprint density at radius 2 is 1.62 bits per heavy atom. The van der Waals surface area contributed by atoms with Gasteiger partial charge in [-0.2, -0.15) is 10.2 Å². The molecule has 0 unspecified atom stereocenters. The number of aryl methyl sites for hydroxylation is 2. The molecule has 0 bridgehead atoms. The topological polar surface area (TPSA) is 59.3 Å². The van der Waals surface area contributed by atoms with Gasteiger partial charge >= 0.3 is 0 Å². The molecular formula is C29H24N4O. The van der Waals surface area contributed by atoms with Crippen molar-refractivity contribution in [2.45, 2.75) is 13.8 Å². The molecule has 34 heavy (non-hydrogen) atoms. The monoisotopic (exact) mass is 444 g/mol. The summed E-state index contributed by atoms with van der Waals surface area (Å²) >= 11 is 0. The SMILES string of the molecule is Cc1ccc(/C=N\NC(=O)c2cc(-c3ccc4ccccc4c3)n(-c3cccc(C)c3)n2)cc1. The van der Waals surface area contributed by atoms with Gasteiger partial charge in [0, 0.05) is 5.56 Å². The number of nitrogens with zero attached hydrogens (tertiary/aromatic N) is 3. The number of nitrogens with one attached hydrogen (secondary N) is 1. The summed E-state index contributed by atoms with van der Waals surface area (Å²) in [5.74, 6) is -0.364. The Balaban J connectivity index is 1.50. The van der Waals surface area contributed by atoms with Crippen LogP contribution in [0.15, 0.2) is 102 Å². The predicted molar refractivity (Wildman–Crippen MR) is 137 cm³/mol. The lowest BCUT2D eigenvalue weighted by Crippen LogP contribution is -2.18. The van der Waals surface area contributed by atoms with Crippen molar-refractivity contribution in [2.75, 3.05) is 0 Å². The highest BCUT2D eigenvalue weighted by Crippen LogP contribution is 2.28. The van der Waals surface area contributed by atoms with E-state index in [9.17, 15) is 4.79 Å². The molecule has 0 aliphatic heterocycles. The van der Waals surface area contributed by atoms with Gasteiger partial charge < -0.3 is 0 Å². The van der Waals surface area contributed by atoms with Crippen molar-refractivity contribution in [2.24, 2.45) is 5.10 Å². The van der Waals surface area contributed by atoms with Crippen LogP contribution in [-0.4, -0.2) is 21.9 Å². The van der Waals surface area contributed by atoms with Gasteiger partial charge in [-0.15, -0.1) is 0 Å². The van der Waals surface area contributed by atoms with Gasteiger partial charge in [-0.05, 0) is 60.0 Å². The van der Waals surface area contributed by atoms with Gasteiger partial charge in [0.15, 0.2) is 5.69 Å². The van der Waals surface area contributed by atoms with Crippen molar-refractivity contribution in [3.63, 3.8) is 0 Å². The van der Waals surface area contributed by atoms with Crippen molar-refractivity contribution in [1.82, 2.24) is 15.2 Å². The number of aromatic nitrogens is 2. The Labute approximate surface area is 198 Å². The fraction of sp³-hybridized carbons (Fsp3) is 0.0690. The van der Waals surface area contributed by atoms with Crippen LogP contribution in [0.4, 0.5) is 0 Å². The van der Waals surface area contributed by atoms with E-state index in [4.69, 9.17) is 0 Å². The number of hydrazone groups is 1. The van der Waals surface area contributed by atoms with Gasteiger partial charge in [-0.25, -0.2) is 10.1 Å². The number of fused-ring (bicyclic) bond motifs is 1. The fourth-order valence-corrected chi connectivity index (χ4v) is 3.88. The Bertz CT molecular complexity index is 1510. The Morgan fingerprint density at radius 3 is 2.41 bits per heavy atom. The highest BCUT2D eigenvalue weighted by Gasteiger charge is 2.17. The first-order chi connectivity index (χ1) is 16.6. The van der Waals surface area contributed by atoms with Gasteiger partial charge in [-0.1, -0.05) is 78.4 Å². The van der Waals surface area contributed by atoms with E-state index in [-0.39, 0.29) is 5.91 Å². The molecule has 5 rings (SSSR count). The highest BCUT2D eigenvalue weighted by molar-refractivity contribution is 5.95. The number of amides is 1. The van der Waals surface area contributed by atoms with Crippen LogP contribution in [0.25, 0.3) is 27.7 Å². The van der Waals surface area contributed by atoms with E-state index >= 15 is 0 Å². The minimum Gasteiger partial charge on any atom is -0.265 e. The molecule has 0 spiro atoms. The normalized spacial score (nSPS) is 11.2. The van der Waals surface area contributed by atoms with Crippen LogP contribution in [0.5, 0.6) is 0 Å². The lowest BCUT2D eigenvalue weighted by Gasteiger charge is -2.09. The highest BCUT2D eigenvalue weighted by atomic mass is 16.2. The number of hydrogen-bond donors (Lipinski definition) is 1. The molecule has 0 fully saturated rings. The van der Waals surface area contributed by atoms with Gasteiger partial charge in [0.1, 0.15) is 0 Å². The summed E-state index contributed by atoms with van der Waals surface area (Å²) in [6.45, 7) is 4.07. The third-order valence-electron chi connectivity index (χ3n) is 5.69. The Kier molecular flexibility index (Phi) is 5.75. The lowest BCUT2D eigenvalue weighted by molar-refractivity contribution is 0.0949. The summed E-state index contributed by atoms with van der Waals surface area (Å²) < 4.78 is 1.82. The molecular weight excluding hydrogens is 420 g/mol. The molecule has 166 valence electrons.